The molecule has 8 nitrogen and oxygen atoms in total. The lowest BCUT2D eigenvalue weighted by atomic mass is 10.0. The molecule has 5 heterocycles. The summed E-state index contributed by atoms with van der Waals surface area (Å²) in [4.78, 5) is 27.8. The number of fused-ring (bicyclic) bond motifs is 2. The number of benzene rings is 2. The van der Waals surface area contributed by atoms with Gasteiger partial charge >= 0.3 is 6.09 Å². The normalized spacial score (nSPS) is 16.7. The first-order valence-electron chi connectivity index (χ1n) is 14.6. The lowest BCUT2D eigenvalue weighted by Gasteiger charge is -2.34. The van der Waals surface area contributed by atoms with Crippen LogP contribution >= 0.6 is 0 Å². The van der Waals surface area contributed by atoms with Crippen molar-refractivity contribution < 1.29 is 18.7 Å². The molecular weight excluding hydrogens is 557 g/mol. The van der Waals surface area contributed by atoms with Gasteiger partial charge in [-0.3, -0.25) is 9.38 Å². The van der Waals surface area contributed by atoms with Crippen LogP contribution in [0.2, 0.25) is 0 Å². The Bertz CT molecular complexity index is 1960. The first-order chi connectivity index (χ1) is 21.5. The Morgan fingerprint density at radius 1 is 1.02 bits per heavy atom. The minimum absolute atomic E-state index is 0.0931. The molecule has 0 aliphatic carbocycles. The molecule has 220 valence electrons. The maximum absolute atomic E-state index is 15.4. The molecule has 1 aliphatic heterocycles. The number of carbonyl (C=O) groups is 1. The number of likely N-dealkylation sites (tertiary alicyclic amines) is 1. The van der Waals surface area contributed by atoms with Gasteiger partial charge in [-0.15, -0.1) is 0 Å². The quantitative estimate of drug-likeness (QED) is 0.208. The number of aromatic nitrogens is 4. The number of alkyl halides is 1. The third-order valence-corrected chi connectivity index (χ3v) is 8.03. The zero-order chi connectivity index (χ0) is 30.0. The van der Waals surface area contributed by atoms with E-state index in [1.807, 2.05) is 95.7 Å². The van der Waals surface area contributed by atoms with Gasteiger partial charge in [0, 0.05) is 42.5 Å². The number of hydrogen-bond acceptors (Lipinski definition) is 6. The number of hydrogen-bond donors (Lipinski definition) is 0. The van der Waals surface area contributed by atoms with Crippen molar-refractivity contribution in [1.29, 1.82) is 0 Å². The van der Waals surface area contributed by atoms with E-state index < -0.39 is 18.4 Å². The number of imidazole rings is 1. The highest BCUT2D eigenvalue weighted by atomic mass is 19.1. The number of amides is 1. The van der Waals surface area contributed by atoms with Gasteiger partial charge < -0.3 is 14.4 Å². The summed E-state index contributed by atoms with van der Waals surface area (Å²) < 4.78 is 29.0. The Hall–Kier alpha value is -5.31. The average molecular weight is 588 g/mol. The fraction of sp³-hybridized carbons (Fsp3) is 0.200. The van der Waals surface area contributed by atoms with E-state index in [-0.39, 0.29) is 13.2 Å². The van der Waals surface area contributed by atoms with Gasteiger partial charge in [0.05, 0.1) is 24.1 Å². The highest BCUT2D eigenvalue weighted by Crippen LogP contribution is 2.31. The van der Waals surface area contributed by atoms with Crippen molar-refractivity contribution in [3.05, 3.63) is 115 Å². The number of nitrogens with zero attached hydrogens (tertiary/aromatic N) is 5. The van der Waals surface area contributed by atoms with Crippen LogP contribution in [-0.2, 0) is 11.3 Å². The number of halogens is 1. The molecular formula is C35H30FN5O3. The summed E-state index contributed by atoms with van der Waals surface area (Å²) >= 11 is 0. The Morgan fingerprint density at radius 2 is 1.91 bits per heavy atom. The van der Waals surface area contributed by atoms with Crippen molar-refractivity contribution in [3.63, 3.8) is 0 Å². The zero-order valence-corrected chi connectivity index (χ0v) is 24.1. The molecule has 0 saturated carbocycles. The Morgan fingerprint density at radius 3 is 2.75 bits per heavy atom. The first-order valence-corrected chi connectivity index (χ1v) is 14.6. The second-order valence-electron chi connectivity index (χ2n) is 10.9. The molecule has 1 amide bonds. The summed E-state index contributed by atoms with van der Waals surface area (Å²) in [5.74, 6) is 0.500. The Kier molecular flexibility index (Phi) is 7.35. The van der Waals surface area contributed by atoms with Crippen LogP contribution in [0.1, 0.15) is 17.5 Å². The summed E-state index contributed by atoms with van der Waals surface area (Å²) in [5, 5.41) is 0.881. The lowest BCUT2D eigenvalue weighted by Crippen LogP contribution is -2.49. The summed E-state index contributed by atoms with van der Waals surface area (Å²) in [6.45, 7) is 2.45. The predicted octanol–water partition coefficient (Wildman–Crippen LogP) is 7.05. The molecule has 2 atom stereocenters. The molecule has 1 aliphatic rings. The van der Waals surface area contributed by atoms with Crippen molar-refractivity contribution >= 4 is 22.6 Å². The number of aryl methyl sites for hydroxylation is 1. The van der Waals surface area contributed by atoms with Crippen LogP contribution in [0.4, 0.5) is 9.18 Å². The third-order valence-electron chi connectivity index (χ3n) is 8.03. The summed E-state index contributed by atoms with van der Waals surface area (Å²) in [6.07, 6.45) is 5.16. The summed E-state index contributed by atoms with van der Waals surface area (Å²) in [7, 11) is 0. The zero-order valence-electron chi connectivity index (χ0n) is 24.1. The molecule has 1 saturated heterocycles. The van der Waals surface area contributed by atoms with Gasteiger partial charge in [-0.1, -0.05) is 48.5 Å². The molecule has 7 rings (SSSR count). The van der Waals surface area contributed by atoms with Crippen molar-refractivity contribution in [3.8, 4) is 28.3 Å². The van der Waals surface area contributed by atoms with E-state index in [1.165, 1.54) is 4.90 Å². The highest BCUT2D eigenvalue weighted by Gasteiger charge is 2.34. The van der Waals surface area contributed by atoms with E-state index in [0.717, 1.165) is 44.7 Å². The maximum atomic E-state index is 15.4. The lowest BCUT2D eigenvalue weighted by molar-refractivity contribution is 0.0153. The van der Waals surface area contributed by atoms with E-state index in [9.17, 15) is 4.79 Å². The van der Waals surface area contributed by atoms with Crippen molar-refractivity contribution in [1.82, 2.24) is 24.3 Å². The van der Waals surface area contributed by atoms with Crippen molar-refractivity contribution in [2.75, 3.05) is 13.1 Å². The molecule has 1 fully saturated rings. The molecule has 2 aromatic carbocycles. The van der Waals surface area contributed by atoms with Crippen LogP contribution in [0.3, 0.4) is 0 Å². The highest BCUT2D eigenvalue weighted by molar-refractivity contribution is 5.86. The van der Waals surface area contributed by atoms with Crippen LogP contribution in [0.5, 0.6) is 5.75 Å². The van der Waals surface area contributed by atoms with E-state index in [4.69, 9.17) is 14.5 Å². The first kappa shape index (κ1) is 27.5. The topological polar surface area (TPSA) is 81.9 Å². The number of para-hydroxylation sites is 1. The van der Waals surface area contributed by atoms with E-state index in [0.29, 0.717) is 24.2 Å². The van der Waals surface area contributed by atoms with E-state index in [1.54, 1.807) is 12.4 Å². The Labute approximate surface area is 253 Å². The van der Waals surface area contributed by atoms with Gasteiger partial charge in [0.15, 0.2) is 6.17 Å². The number of pyridine rings is 3. The number of ether oxygens (including phenoxy) is 2. The van der Waals surface area contributed by atoms with Gasteiger partial charge in [0.1, 0.15) is 29.6 Å². The van der Waals surface area contributed by atoms with Crippen LogP contribution < -0.4 is 4.74 Å². The fourth-order valence-corrected chi connectivity index (χ4v) is 5.62. The maximum Gasteiger partial charge on any atom is 0.410 e. The third kappa shape index (κ3) is 5.44. The smallest absolute Gasteiger partial charge is 0.410 e. The predicted molar refractivity (Wildman–Crippen MR) is 166 cm³/mol. The van der Waals surface area contributed by atoms with E-state index >= 15 is 4.39 Å². The molecule has 4 aromatic heterocycles. The van der Waals surface area contributed by atoms with Crippen LogP contribution in [-0.4, -0.2) is 55.7 Å². The minimum atomic E-state index is -1.37. The van der Waals surface area contributed by atoms with Gasteiger partial charge in [-0.2, -0.15) is 0 Å². The monoisotopic (exact) mass is 587 g/mol. The van der Waals surface area contributed by atoms with E-state index in [2.05, 4.69) is 16.9 Å². The molecule has 0 radical (unpaired) electrons. The van der Waals surface area contributed by atoms with Gasteiger partial charge in [0.2, 0.25) is 0 Å². The minimum Gasteiger partial charge on any atom is -0.485 e. The number of piperidine rings is 1. The largest absolute Gasteiger partial charge is 0.485 e. The summed E-state index contributed by atoms with van der Waals surface area (Å²) in [5.41, 5.74) is 7.11. The van der Waals surface area contributed by atoms with Gasteiger partial charge in [-0.25, -0.2) is 19.2 Å². The molecule has 0 spiro atoms. The standard InChI is InChI=1S/C35H30FN5O3/c1-23-12-15-37-19-27(23)26-13-17-41-30(20-38-33(41)18-26)29-11-10-25-8-5-9-32(34(25)39-29)44-31-14-16-40(21-28(31)36)35(42)43-22-24-6-3-2-4-7-24/h2-13,15,17-20,28,31H,14,16,21-22H2,1H3/t28-,31-/m0/s1. The van der Waals surface area contributed by atoms with Crippen LogP contribution in [0, 0.1) is 6.92 Å². The van der Waals surface area contributed by atoms with Crippen molar-refractivity contribution in [2.24, 2.45) is 0 Å². The molecule has 9 heteroatoms. The van der Waals surface area contributed by atoms with Crippen LogP contribution in [0.25, 0.3) is 39.1 Å². The number of carbonyl (C=O) groups excluding carboxylic acids is 1. The Balaban J connectivity index is 1.09. The second-order valence-corrected chi connectivity index (χ2v) is 10.9. The molecule has 0 N–H and O–H groups in total. The van der Waals surface area contributed by atoms with Gasteiger partial charge in [0.25, 0.3) is 0 Å². The molecule has 44 heavy (non-hydrogen) atoms. The molecule has 0 bridgehead atoms. The fourth-order valence-electron chi connectivity index (χ4n) is 5.62. The molecule has 0 unspecified atom stereocenters. The van der Waals surface area contributed by atoms with Gasteiger partial charge in [-0.05, 0) is 53.9 Å². The van der Waals surface area contributed by atoms with Crippen molar-refractivity contribution in [2.45, 2.75) is 32.2 Å². The molecule has 6 aromatic rings. The second kappa shape index (κ2) is 11.8. The van der Waals surface area contributed by atoms with Crippen LogP contribution in [0.15, 0.2) is 104 Å². The average Bonchev–Trinajstić information content (AvgIpc) is 3.48. The SMILES string of the molecule is Cc1ccncc1-c1ccn2c(-c3ccc4cccc(O[C@H]5CCN(C(=O)OCc6ccccc6)C[C@@H]5F)c4n3)cnc2c1. The summed E-state index contributed by atoms with van der Waals surface area (Å²) in [6, 6.07) is 25.1. The number of rotatable bonds is 6.